The van der Waals surface area contributed by atoms with Crippen LogP contribution in [-0.2, 0) is 27.2 Å². The Morgan fingerprint density at radius 3 is 2.18 bits per heavy atom. The molecule has 28 heavy (non-hydrogen) atoms. The van der Waals surface area contributed by atoms with Crippen molar-refractivity contribution >= 4 is 33.7 Å². The normalized spacial score (nSPS) is 12.7. The Kier molecular flexibility index (Phi) is 7.69. The molecular weight excluding hydrogens is 431 g/mol. The first kappa shape index (κ1) is 21.6. The zero-order chi connectivity index (χ0) is 20.7. The van der Waals surface area contributed by atoms with E-state index in [1.54, 1.807) is 24.3 Å². The van der Waals surface area contributed by atoms with Gasteiger partial charge in [0.25, 0.3) is 0 Å². The van der Waals surface area contributed by atoms with Crippen molar-refractivity contribution in [3.8, 4) is 0 Å². The Morgan fingerprint density at radius 2 is 1.61 bits per heavy atom. The van der Waals surface area contributed by atoms with Gasteiger partial charge in [-0.3, -0.25) is 9.59 Å². The number of rotatable bonds is 8. The van der Waals surface area contributed by atoms with Gasteiger partial charge in [0.05, 0.1) is 0 Å². The second kappa shape index (κ2) is 9.98. The van der Waals surface area contributed by atoms with Crippen molar-refractivity contribution in [2.45, 2.75) is 31.8 Å². The number of hydrogen-bond acceptors (Lipinski definition) is 3. The minimum absolute atomic E-state index is 0.0341. The Bertz CT molecular complexity index is 875. The van der Waals surface area contributed by atoms with Crippen molar-refractivity contribution in [2.24, 2.45) is 0 Å². The van der Waals surface area contributed by atoms with Crippen LogP contribution in [0.25, 0.3) is 0 Å². The number of halogens is 2. The molecule has 0 saturated carbocycles. The third-order valence-electron chi connectivity index (χ3n) is 3.97. The monoisotopic (exact) mass is 450 g/mol. The molecule has 3 N–H and O–H groups in total. The smallest absolute Gasteiger partial charge is 0.326 e. The molecule has 6 nitrogen and oxygen atoms in total. The molecule has 0 aliphatic rings. The number of benzene rings is 2. The topological polar surface area (TPSA) is 95.5 Å². The van der Waals surface area contributed by atoms with Gasteiger partial charge in [0.1, 0.15) is 17.9 Å². The second-order valence-corrected chi connectivity index (χ2v) is 7.24. The number of carboxylic acids is 1. The fourth-order valence-electron chi connectivity index (χ4n) is 2.73. The summed E-state index contributed by atoms with van der Waals surface area (Å²) in [7, 11) is 0. The van der Waals surface area contributed by atoms with E-state index in [2.05, 4.69) is 26.6 Å². The van der Waals surface area contributed by atoms with E-state index >= 15 is 0 Å². The van der Waals surface area contributed by atoms with Crippen LogP contribution >= 0.6 is 15.9 Å². The summed E-state index contributed by atoms with van der Waals surface area (Å²) < 4.78 is 14.2. The van der Waals surface area contributed by atoms with E-state index in [1.165, 1.54) is 25.1 Å². The van der Waals surface area contributed by atoms with Gasteiger partial charge in [-0.2, -0.15) is 0 Å². The summed E-state index contributed by atoms with van der Waals surface area (Å²) in [6.07, 6.45) is 0.111. The van der Waals surface area contributed by atoms with Crippen molar-refractivity contribution in [1.29, 1.82) is 0 Å². The van der Waals surface area contributed by atoms with Gasteiger partial charge < -0.3 is 15.7 Å². The van der Waals surface area contributed by atoms with Gasteiger partial charge in [-0.15, -0.1) is 0 Å². The van der Waals surface area contributed by atoms with Crippen LogP contribution in [0.4, 0.5) is 4.39 Å². The molecular formula is C20H20BrFN2O4. The lowest BCUT2D eigenvalue weighted by Crippen LogP contribution is -2.52. The van der Waals surface area contributed by atoms with Crippen molar-refractivity contribution in [3.05, 3.63) is 69.9 Å². The number of nitrogens with one attached hydrogen (secondary N) is 2. The minimum Gasteiger partial charge on any atom is -0.480 e. The van der Waals surface area contributed by atoms with Gasteiger partial charge in [0.15, 0.2) is 0 Å². The van der Waals surface area contributed by atoms with Gasteiger partial charge in [0.2, 0.25) is 11.8 Å². The van der Waals surface area contributed by atoms with E-state index in [1.807, 2.05) is 6.07 Å². The zero-order valence-electron chi connectivity index (χ0n) is 15.1. The molecule has 0 aliphatic heterocycles. The first-order chi connectivity index (χ1) is 13.2. The molecule has 8 heteroatoms. The highest BCUT2D eigenvalue weighted by atomic mass is 79.9. The molecule has 0 aliphatic carbocycles. The Hall–Kier alpha value is -2.74. The van der Waals surface area contributed by atoms with Crippen LogP contribution in [0.1, 0.15) is 18.1 Å². The summed E-state index contributed by atoms with van der Waals surface area (Å²) in [5.74, 6) is -2.75. The summed E-state index contributed by atoms with van der Waals surface area (Å²) in [4.78, 5) is 35.7. The number of amides is 2. The highest BCUT2D eigenvalue weighted by Gasteiger charge is 2.26. The molecule has 2 atom stereocenters. The van der Waals surface area contributed by atoms with Crippen LogP contribution in [0, 0.1) is 5.82 Å². The number of hydrogen-bond donors (Lipinski definition) is 3. The zero-order valence-corrected chi connectivity index (χ0v) is 16.7. The molecule has 148 valence electrons. The lowest BCUT2D eigenvalue weighted by molar-refractivity contribution is -0.142. The maximum atomic E-state index is 13.4. The Labute approximate surface area is 170 Å². The van der Waals surface area contributed by atoms with Gasteiger partial charge in [-0.25, -0.2) is 9.18 Å². The molecule has 2 amide bonds. The molecule has 2 rings (SSSR count). The predicted octanol–water partition coefficient (Wildman–Crippen LogP) is 2.45. The molecule has 0 bridgehead atoms. The van der Waals surface area contributed by atoms with Crippen LogP contribution in [0.2, 0.25) is 0 Å². The standard InChI is InChI=1S/C20H20BrFN2O4/c1-12(25)23-17(10-14-5-3-7-16(22)9-14)19(26)24-18(20(27)28)11-13-4-2-6-15(21)8-13/h2-9,17-18H,10-11H2,1H3,(H,23,25)(H,24,26)(H,27,28)/t17-,18+/m1/s1. The number of carbonyl (C=O) groups excluding carboxylic acids is 2. The lowest BCUT2D eigenvalue weighted by atomic mass is 10.0. The van der Waals surface area contributed by atoms with Crippen molar-refractivity contribution < 1.29 is 23.9 Å². The van der Waals surface area contributed by atoms with E-state index < -0.39 is 35.7 Å². The third kappa shape index (κ3) is 6.77. The largest absolute Gasteiger partial charge is 0.480 e. The molecule has 0 fully saturated rings. The maximum Gasteiger partial charge on any atom is 0.326 e. The maximum absolute atomic E-state index is 13.4. The van der Waals surface area contributed by atoms with E-state index in [4.69, 9.17) is 0 Å². The number of carboxylic acid groups (broad SMARTS) is 1. The van der Waals surface area contributed by atoms with Gasteiger partial charge in [-0.1, -0.05) is 40.2 Å². The summed E-state index contributed by atoms with van der Waals surface area (Å²) in [6.45, 7) is 1.25. The highest BCUT2D eigenvalue weighted by Crippen LogP contribution is 2.14. The quantitative estimate of drug-likeness (QED) is 0.575. The number of carbonyl (C=O) groups is 3. The average molecular weight is 451 g/mol. The molecule has 0 radical (unpaired) electrons. The van der Waals surface area contributed by atoms with Crippen LogP contribution in [0.15, 0.2) is 53.0 Å². The number of aliphatic carboxylic acids is 1. The summed E-state index contributed by atoms with van der Waals surface area (Å²) >= 11 is 3.32. The second-order valence-electron chi connectivity index (χ2n) is 6.32. The molecule has 0 unspecified atom stereocenters. The summed E-state index contributed by atoms with van der Waals surface area (Å²) in [6, 6.07) is 10.6. The van der Waals surface area contributed by atoms with Crippen LogP contribution < -0.4 is 10.6 Å². The Morgan fingerprint density at radius 1 is 1.00 bits per heavy atom. The van der Waals surface area contributed by atoms with Crippen LogP contribution in [0.3, 0.4) is 0 Å². The fraction of sp³-hybridized carbons (Fsp3) is 0.250. The van der Waals surface area contributed by atoms with Crippen molar-refractivity contribution in [2.75, 3.05) is 0 Å². The molecule has 2 aromatic carbocycles. The lowest BCUT2D eigenvalue weighted by Gasteiger charge is -2.21. The van der Waals surface area contributed by atoms with E-state index in [9.17, 15) is 23.9 Å². The molecule has 2 aromatic rings. The van der Waals surface area contributed by atoms with E-state index in [-0.39, 0.29) is 12.8 Å². The van der Waals surface area contributed by atoms with Crippen molar-refractivity contribution in [3.63, 3.8) is 0 Å². The average Bonchev–Trinajstić information content (AvgIpc) is 2.60. The molecule has 0 heterocycles. The minimum atomic E-state index is -1.19. The predicted molar refractivity (Wildman–Crippen MR) is 105 cm³/mol. The van der Waals surface area contributed by atoms with E-state index in [0.29, 0.717) is 5.56 Å². The first-order valence-electron chi connectivity index (χ1n) is 8.53. The van der Waals surface area contributed by atoms with Crippen molar-refractivity contribution in [1.82, 2.24) is 10.6 Å². The van der Waals surface area contributed by atoms with E-state index in [0.717, 1.165) is 10.0 Å². The van der Waals surface area contributed by atoms with Crippen LogP contribution in [-0.4, -0.2) is 35.0 Å². The SMILES string of the molecule is CC(=O)N[C@H](Cc1cccc(F)c1)C(=O)N[C@@H](Cc1cccc(Br)c1)C(=O)O. The van der Waals surface area contributed by atoms with Crippen LogP contribution in [0.5, 0.6) is 0 Å². The molecule has 0 aromatic heterocycles. The summed E-state index contributed by atoms with van der Waals surface area (Å²) in [5, 5.41) is 14.4. The highest BCUT2D eigenvalue weighted by molar-refractivity contribution is 9.10. The van der Waals surface area contributed by atoms with Gasteiger partial charge in [-0.05, 0) is 35.4 Å². The Balaban J connectivity index is 2.14. The molecule has 0 spiro atoms. The summed E-state index contributed by atoms with van der Waals surface area (Å²) in [5.41, 5.74) is 1.23. The van der Waals surface area contributed by atoms with Gasteiger partial charge >= 0.3 is 5.97 Å². The molecule has 0 saturated heterocycles. The third-order valence-corrected chi connectivity index (χ3v) is 4.46. The van der Waals surface area contributed by atoms with Gasteiger partial charge in [0, 0.05) is 24.2 Å². The first-order valence-corrected chi connectivity index (χ1v) is 9.33. The fourth-order valence-corrected chi connectivity index (χ4v) is 3.17.